The Kier molecular flexibility index (Phi) is 4.12. The van der Waals surface area contributed by atoms with E-state index >= 15 is 0 Å². The molecule has 2 heterocycles. The molecule has 0 amide bonds. The summed E-state index contributed by atoms with van der Waals surface area (Å²) in [6.45, 7) is 3.06. The van der Waals surface area contributed by atoms with Gasteiger partial charge in [-0.25, -0.2) is 4.52 Å². The summed E-state index contributed by atoms with van der Waals surface area (Å²) in [4.78, 5) is 2.21. The monoisotopic (exact) mass is 232 g/mol. The predicted molar refractivity (Wildman–Crippen MR) is 70.1 cm³/mol. The summed E-state index contributed by atoms with van der Waals surface area (Å²) in [6.07, 6.45) is 5.09. The van der Waals surface area contributed by atoms with Crippen LogP contribution in [0.1, 0.15) is 12.0 Å². The topological polar surface area (TPSA) is 32.6 Å². The summed E-state index contributed by atoms with van der Waals surface area (Å²) in [6, 6.07) is 6.14. The van der Waals surface area contributed by atoms with Crippen LogP contribution < -0.4 is 5.32 Å². The molecule has 2 aromatic rings. The molecule has 0 radical (unpaired) electrons. The van der Waals surface area contributed by atoms with Gasteiger partial charge in [0.25, 0.3) is 0 Å². The minimum absolute atomic E-state index is 0.890. The van der Waals surface area contributed by atoms with Crippen molar-refractivity contribution in [3.05, 3.63) is 36.2 Å². The number of aromatic nitrogens is 2. The average Bonchev–Trinajstić information content (AvgIpc) is 2.72. The van der Waals surface area contributed by atoms with Crippen LogP contribution in [0.25, 0.3) is 5.52 Å². The van der Waals surface area contributed by atoms with Gasteiger partial charge in [-0.2, -0.15) is 5.10 Å². The largest absolute Gasteiger partial charge is 0.312 e. The third kappa shape index (κ3) is 3.28. The molecule has 0 bridgehead atoms. The number of fused-ring (bicyclic) bond motifs is 1. The molecule has 0 saturated heterocycles. The zero-order valence-electron chi connectivity index (χ0n) is 10.6. The van der Waals surface area contributed by atoms with Crippen LogP contribution in [0, 0.1) is 0 Å². The van der Waals surface area contributed by atoms with E-state index in [-0.39, 0.29) is 0 Å². The Morgan fingerprint density at radius 2 is 2.24 bits per heavy atom. The van der Waals surface area contributed by atoms with Gasteiger partial charge in [0.2, 0.25) is 0 Å². The highest BCUT2D eigenvalue weighted by Crippen LogP contribution is 2.08. The minimum atomic E-state index is 0.890. The number of rotatable bonds is 6. The Balaban J connectivity index is 1.83. The number of hydrogen-bond donors (Lipinski definition) is 1. The maximum absolute atomic E-state index is 4.31. The van der Waals surface area contributed by atoms with Gasteiger partial charge in [-0.3, -0.25) is 0 Å². The highest BCUT2D eigenvalue weighted by Gasteiger charge is 2.01. The van der Waals surface area contributed by atoms with Crippen molar-refractivity contribution in [1.29, 1.82) is 0 Å². The summed E-state index contributed by atoms with van der Waals surface area (Å²) in [5.74, 6) is 0. The van der Waals surface area contributed by atoms with E-state index in [1.807, 2.05) is 29.0 Å². The fourth-order valence-corrected chi connectivity index (χ4v) is 1.87. The zero-order valence-corrected chi connectivity index (χ0v) is 10.6. The Labute approximate surface area is 102 Å². The van der Waals surface area contributed by atoms with Crippen LogP contribution in [0.5, 0.6) is 0 Å². The van der Waals surface area contributed by atoms with Gasteiger partial charge in [0.1, 0.15) is 0 Å². The van der Waals surface area contributed by atoms with Crippen LogP contribution in [-0.4, -0.2) is 41.7 Å². The van der Waals surface area contributed by atoms with Crippen molar-refractivity contribution in [3.63, 3.8) is 0 Å². The van der Waals surface area contributed by atoms with Crippen LogP contribution >= 0.6 is 0 Å². The lowest BCUT2D eigenvalue weighted by Crippen LogP contribution is -2.20. The van der Waals surface area contributed by atoms with E-state index in [9.17, 15) is 0 Å². The Hall–Kier alpha value is -1.39. The first-order chi connectivity index (χ1) is 8.27. The molecule has 4 heteroatoms. The van der Waals surface area contributed by atoms with Gasteiger partial charge in [-0.05, 0) is 45.7 Å². The quantitative estimate of drug-likeness (QED) is 0.764. The molecule has 0 aliphatic carbocycles. The Bertz CT molecular complexity index is 461. The molecule has 0 spiro atoms. The van der Waals surface area contributed by atoms with E-state index < -0.39 is 0 Å². The van der Waals surface area contributed by atoms with E-state index in [2.05, 4.69) is 35.5 Å². The van der Waals surface area contributed by atoms with Crippen LogP contribution in [-0.2, 0) is 6.54 Å². The van der Waals surface area contributed by atoms with Gasteiger partial charge in [0.05, 0.1) is 11.7 Å². The first-order valence-corrected chi connectivity index (χ1v) is 6.04. The molecule has 0 aromatic carbocycles. The highest BCUT2D eigenvalue weighted by atomic mass is 15.2. The molecule has 0 saturated carbocycles. The third-order valence-electron chi connectivity index (χ3n) is 2.78. The van der Waals surface area contributed by atoms with Crippen molar-refractivity contribution in [2.45, 2.75) is 13.0 Å². The molecular weight excluding hydrogens is 212 g/mol. The van der Waals surface area contributed by atoms with E-state index in [0.29, 0.717) is 0 Å². The molecule has 0 aliphatic rings. The average molecular weight is 232 g/mol. The fourth-order valence-electron chi connectivity index (χ4n) is 1.87. The van der Waals surface area contributed by atoms with E-state index in [0.717, 1.165) is 19.6 Å². The van der Waals surface area contributed by atoms with Gasteiger partial charge in [0.15, 0.2) is 0 Å². The fraction of sp³-hybridized carbons (Fsp3) is 0.462. The molecule has 0 fully saturated rings. The Morgan fingerprint density at radius 3 is 3.06 bits per heavy atom. The predicted octanol–water partition coefficient (Wildman–Crippen LogP) is 1.38. The van der Waals surface area contributed by atoms with E-state index in [1.165, 1.54) is 17.5 Å². The molecular formula is C13H20N4. The summed E-state index contributed by atoms with van der Waals surface area (Å²) in [7, 11) is 4.20. The van der Waals surface area contributed by atoms with Crippen molar-refractivity contribution in [2.24, 2.45) is 0 Å². The molecule has 17 heavy (non-hydrogen) atoms. The molecule has 92 valence electrons. The van der Waals surface area contributed by atoms with Crippen molar-refractivity contribution in [3.8, 4) is 0 Å². The summed E-state index contributed by atoms with van der Waals surface area (Å²) in [5.41, 5.74) is 2.45. The molecule has 2 rings (SSSR count). The normalized spacial score (nSPS) is 11.5. The van der Waals surface area contributed by atoms with E-state index in [1.54, 1.807) is 0 Å². The number of nitrogens with one attached hydrogen (secondary N) is 1. The maximum Gasteiger partial charge on any atom is 0.0706 e. The number of pyridine rings is 1. The second-order valence-corrected chi connectivity index (χ2v) is 4.53. The smallest absolute Gasteiger partial charge is 0.0706 e. The van der Waals surface area contributed by atoms with Crippen LogP contribution in [0.4, 0.5) is 0 Å². The highest BCUT2D eigenvalue weighted by molar-refractivity contribution is 5.53. The van der Waals surface area contributed by atoms with Gasteiger partial charge in [-0.1, -0.05) is 6.07 Å². The summed E-state index contributed by atoms with van der Waals surface area (Å²) >= 11 is 0. The first kappa shape index (κ1) is 12.1. The van der Waals surface area contributed by atoms with Gasteiger partial charge >= 0.3 is 0 Å². The second-order valence-electron chi connectivity index (χ2n) is 4.53. The molecule has 0 unspecified atom stereocenters. The SMILES string of the molecule is CN(C)CCCNCc1cnn2ccccc12. The van der Waals surface area contributed by atoms with E-state index in [4.69, 9.17) is 0 Å². The lowest BCUT2D eigenvalue weighted by atomic mass is 10.2. The van der Waals surface area contributed by atoms with Crippen molar-refractivity contribution in [2.75, 3.05) is 27.2 Å². The van der Waals surface area contributed by atoms with Crippen molar-refractivity contribution >= 4 is 5.52 Å². The van der Waals surface area contributed by atoms with Gasteiger partial charge in [0, 0.05) is 18.3 Å². The van der Waals surface area contributed by atoms with Crippen molar-refractivity contribution < 1.29 is 0 Å². The first-order valence-electron chi connectivity index (χ1n) is 6.04. The van der Waals surface area contributed by atoms with Crippen LogP contribution in [0.3, 0.4) is 0 Å². The summed E-state index contributed by atoms with van der Waals surface area (Å²) < 4.78 is 1.91. The summed E-state index contributed by atoms with van der Waals surface area (Å²) in [5, 5.41) is 7.77. The molecule has 0 aliphatic heterocycles. The van der Waals surface area contributed by atoms with Gasteiger partial charge < -0.3 is 10.2 Å². The minimum Gasteiger partial charge on any atom is -0.312 e. The molecule has 2 aromatic heterocycles. The van der Waals surface area contributed by atoms with Gasteiger partial charge in [-0.15, -0.1) is 0 Å². The van der Waals surface area contributed by atoms with Crippen LogP contribution in [0.2, 0.25) is 0 Å². The second kappa shape index (κ2) is 5.80. The third-order valence-corrected chi connectivity index (χ3v) is 2.78. The Morgan fingerprint density at radius 1 is 1.35 bits per heavy atom. The number of hydrogen-bond acceptors (Lipinski definition) is 3. The molecule has 1 N–H and O–H groups in total. The maximum atomic E-state index is 4.31. The van der Waals surface area contributed by atoms with Crippen LogP contribution in [0.15, 0.2) is 30.6 Å². The zero-order chi connectivity index (χ0) is 12.1. The lowest BCUT2D eigenvalue weighted by Gasteiger charge is -2.09. The molecule has 0 atom stereocenters. The standard InChI is InChI=1S/C13H20N4/c1-16(2)8-5-7-14-10-12-11-15-17-9-4-3-6-13(12)17/h3-4,6,9,11,14H,5,7-8,10H2,1-2H3. The molecule has 4 nitrogen and oxygen atoms in total. The lowest BCUT2D eigenvalue weighted by molar-refractivity contribution is 0.394. The number of nitrogens with zero attached hydrogens (tertiary/aromatic N) is 3. The van der Waals surface area contributed by atoms with Crippen molar-refractivity contribution in [1.82, 2.24) is 19.8 Å².